The lowest BCUT2D eigenvalue weighted by Gasteiger charge is -2.15. The highest BCUT2D eigenvalue weighted by Gasteiger charge is 2.07. The Hall–Kier alpha value is -1.48. The highest BCUT2D eigenvalue weighted by Crippen LogP contribution is 2.29. The van der Waals surface area contributed by atoms with Crippen molar-refractivity contribution in [3.63, 3.8) is 0 Å². The van der Waals surface area contributed by atoms with Gasteiger partial charge in [0.1, 0.15) is 5.75 Å². The van der Waals surface area contributed by atoms with Crippen LogP contribution in [0.15, 0.2) is 40.9 Å². The molecule has 0 aromatic heterocycles. The largest absolute Gasteiger partial charge is 0.494 e. The molecule has 0 amide bonds. The molecule has 0 atom stereocenters. The van der Waals surface area contributed by atoms with Gasteiger partial charge < -0.3 is 10.1 Å². The molecular formula is C17H20BrNO. The van der Waals surface area contributed by atoms with Crippen LogP contribution in [0.5, 0.6) is 5.75 Å². The minimum atomic E-state index is 0.685. The summed E-state index contributed by atoms with van der Waals surface area (Å²) in [4.78, 5) is 0. The zero-order valence-corrected chi connectivity index (χ0v) is 13.8. The van der Waals surface area contributed by atoms with E-state index in [0.29, 0.717) is 6.61 Å². The Morgan fingerprint density at radius 1 is 1.15 bits per heavy atom. The van der Waals surface area contributed by atoms with Gasteiger partial charge in [-0.2, -0.15) is 0 Å². The Bertz CT molecular complexity index is 572. The summed E-state index contributed by atoms with van der Waals surface area (Å²) in [5, 5.41) is 3.50. The monoisotopic (exact) mass is 333 g/mol. The van der Waals surface area contributed by atoms with Crippen molar-refractivity contribution in [2.45, 2.75) is 27.3 Å². The van der Waals surface area contributed by atoms with E-state index in [1.54, 1.807) is 0 Å². The highest BCUT2D eigenvalue weighted by atomic mass is 79.9. The average molecular weight is 334 g/mol. The molecule has 0 aliphatic carbocycles. The Morgan fingerprint density at radius 3 is 2.60 bits per heavy atom. The van der Waals surface area contributed by atoms with Crippen LogP contribution in [0.2, 0.25) is 0 Å². The van der Waals surface area contributed by atoms with Gasteiger partial charge in [0.05, 0.1) is 12.3 Å². The summed E-state index contributed by atoms with van der Waals surface area (Å²) in [5.74, 6) is 0.948. The van der Waals surface area contributed by atoms with Crippen LogP contribution >= 0.6 is 15.9 Å². The van der Waals surface area contributed by atoms with Gasteiger partial charge >= 0.3 is 0 Å². The number of nitrogens with one attached hydrogen (secondary N) is 1. The van der Waals surface area contributed by atoms with Crippen LogP contribution in [0.1, 0.15) is 23.6 Å². The number of halogens is 1. The summed E-state index contributed by atoms with van der Waals surface area (Å²) in [6.07, 6.45) is 0. The summed E-state index contributed by atoms with van der Waals surface area (Å²) in [6, 6.07) is 12.5. The van der Waals surface area contributed by atoms with E-state index in [4.69, 9.17) is 4.74 Å². The summed E-state index contributed by atoms with van der Waals surface area (Å²) < 4.78 is 6.75. The van der Waals surface area contributed by atoms with Gasteiger partial charge in [0.15, 0.2) is 0 Å². The van der Waals surface area contributed by atoms with Gasteiger partial charge in [0.2, 0.25) is 0 Å². The van der Waals surface area contributed by atoms with Gasteiger partial charge in [-0.1, -0.05) is 24.3 Å². The molecular weight excluding hydrogens is 314 g/mol. The Kier molecular flexibility index (Phi) is 5.07. The summed E-state index contributed by atoms with van der Waals surface area (Å²) in [6.45, 7) is 7.66. The lowest BCUT2D eigenvalue weighted by molar-refractivity contribution is 0.337. The molecule has 2 aromatic rings. The van der Waals surface area contributed by atoms with E-state index < -0.39 is 0 Å². The van der Waals surface area contributed by atoms with Crippen LogP contribution < -0.4 is 10.1 Å². The molecule has 2 rings (SSSR count). The number of aryl methyl sites for hydroxylation is 2. The molecule has 20 heavy (non-hydrogen) atoms. The summed E-state index contributed by atoms with van der Waals surface area (Å²) >= 11 is 3.63. The Labute approximate surface area is 129 Å². The van der Waals surface area contributed by atoms with Crippen molar-refractivity contribution in [3.8, 4) is 5.75 Å². The minimum absolute atomic E-state index is 0.685. The number of hydrogen-bond donors (Lipinski definition) is 1. The van der Waals surface area contributed by atoms with Crippen molar-refractivity contribution < 1.29 is 4.74 Å². The molecule has 0 unspecified atom stereocenters. The van der Waals surface area contributed by atoms with Crippen molar-refractivity contribution in [2.24, 2.45) is 0 Å². The molecule has 0 saturated heterocycles. The second kappa shape index (κ2) is 6.80. The van der Waals surface area contributed by atoms with E-state index >= 15 is 0 Å². The van der Waals surface area contributed by atoms with Crippen molar-refractivity contribution in [2.75, 3.05) is 11.9 Å². The van der Waals surface area contributed by atoms with Gasteiger partial charge in [-0.05, 0) is 60.0 Å². The fourth-order valence-electron chi connectivity index (χ4n) is 2.27. The molecule has 0 heterocycles. The summed E-state index contributed by atoms with van der Waals surface area (Å²) in [7, 11) is 0. The standard InChI is InChI=1S/C17H20BrNO/c1-4-20-16-8-6-5-7-14(16)11-19-17-13(3)9-12(2)10-15(17)18/h5-10,19H,4,11H2,1-3H3. The van der Waals surface area contributed by atoms with Crippen LogP contribution in [0, 0.1) is 13.8 Å². The third kappa shape index (κ3) is 3.54. The second-order valence-electron chi connectivity index (χ2n) is 4.83. The SMILES string of the molecule is CCOc1ccccc1CNc1c(C)cc(C)cc1Br. The molecule has 106 valence electrons. The van der Waals surface area contributed by atoms with Crippen molar-refractivity contribution in [3.05, 3.63) is 57.6 Å². The molecule has 0 aliphatic rings. The smallest absolute Gasteiger partial charge is 0.124 e. The fraction of sp³-hybridized carbons (Fsp3) is 0.294. The zero-order valence-electron chi connectivity index (χ0n) is 12.2. The van der Waals surface area contributed by atoms with Crippen molar-refractivity contribution in [1.29, 1.82) is 0 Å². The van der Waals surface area contributed by atoms with Gasteiger partial charge in [-0.3, -0.25) is 0 Å². The first kappa shape index (κ1) is 14.9. The van der Waals surface area contributed by atoms with E-state index in [2.05, 4.69) is 53.3 Å². The van der Waals surface area contributed by atoms with Crippen molar-refractivity contribution in [1.82, 2.24) is 0 Å². The molecule has 3 heteroatoms. The zero-order chi connectivity index (χ0) is 14.5. The molecule has 1 N–H and O–H groups in total. The van der Waals surface area contributed by atoms with Crippen LogP contribution in [-0.4, -0.2) is 6.61 Å². The van der Waals surface area contributed by atoms with E-state index in [1.165, 1.54) is 16.7 Å². The molecule has 0 saturated carbocycles. The maximum Gasteiger partial charge on any atom is 0.124 e. The first-order chi connectivity index (χ1) is 9.61. The van der Waals surface area contributed by atoms with E-state index in [9.17, 15) is 0 Å². The van der Waals surface area contributed by atoms with E-state index in [0.717, 1.165) is 22.5 Å². The average Bonchev–Trinajstić information content (AvgIpc) is 2.39. The highest BCUT2D eigenvalue weighted by molar-refractivity contribution is 9.10. The van der Waals surface area contributed by atoms with Gasteiger partial charge in [0.25, 0.3) is 0 Å². The molecule has 0 aliphatic heterocycles. The third-order valence-corrected chi connectivity index (χ3v) is 3.79. The quantitative estimate of drug-likeness (QED) is 0.824. The topological polar surface area (TPSA) is 21.3 Å². The molecule has 0 spiro atoms. The number of para-hydroxylation sites is 1. The number of benzene rings is 2. The van der Waals surface area contributed by atoms with E-state index in [-0.39, 0.29) is 0 Å². The van der Waals surface area contributed by atoms with Crippen LogP contribution in [0.25, 0.3) is 0 Å². The summed E-state index contributed by atoms with van der Waals surface area (Å²) in [5.41, 5.74) is 4.81. The van der Waals surface area contributed by atoms with Gasteiger partial charge in [-0.25, -0.2) is 0 Å². The van der Waals surface area contributed by atoms with Gasteiger partial charge in [0, 0.05) is 16.6 Å². The van der Waals surface area contributed by atoms with Crippen LogP contribution in [0.3, 0.4) is 0 Å². The lowest BCUT2D eigenvalue weighted by atomic mass is 10.1. The number of anilines is 1. The molecule has 2 nitrogen and oxygen atoms in total. The molecule has 0 fully saturated rings. The van der Waals surface area contributed by atoms with Crippen LogP contribution in [0.4, 0.5) is 5.69 Å². The second-order valence-corrected chi connectivity index (χ2v) is 5.69. The predicted molar refractivity (Wildman–Crippen MR) is 88.6 cm³/mol. The number of hydrogen-bond acceptors (Lipinski definition) is 2. The van der Waals surface area contributed by atoms with Crippen LogP contribution in [-0.2, 0) is 6.54 Å². The third-order valence-electron chi connectivity index (χ3n) is 3.16. The maximum atomic E-state index is 5.65. The Morgan fingerprint density at radius 2 is 1.90 bits per heavy atom. The molecule has 0 bridgehead atoms. The van der Waals surface area contributed by atoms with Crippen molar-refractivity contribution >= 4 is 21.6 Å². The first-order valence-electron chi connectivity index (χ1n) is 6.83. The predicted octanol–water partition coefficient (Wildman–Crippen LogP) is 5.08. The minimum Gasteiger partial charge on any atom is -0.494 e. The Balaban J connectivity index is 2.17. The number of rotatable bonds is 5. The lowest BCUT2D eigenvalue weighted by Crippen LogP contribution is -2.05. The maximum absolute atomic E-state index is 5.65. The molecule has 2 aromatic carbocycles. The first-order valence-corrected chi connectivity index (χ1v) is 7.62. The fourth-order valence-corrected chi connectivity index (χ4v) is 3.08. The molecule has 0 radical (unpaired) electrons. The van der Waals surface area contributed by atoms with E-state index in [1.807, 2.05) is 25.1 Å². The number of ether oxygens (including phenoxy) is 1. The van der Waals surface area contributed by atoms with Gasteiger partial charge in [-0.15, -0.1) is 0 Å². The normalized spacial score (nSPS) is 10.4.